The summed E-state index contributed by atoms with van der Waals surface area (Å²) < 4.78 is 6.91. The number of aromatic nitrogens is 3. The van der Waals surface area contributed by atoms with Crippen molar-refractivity contribution in [1.82, 2.24) is 14.6 Å². The normalized spacial score (nSPS) is 10.5. The molecule has 0 bridgehead atoms. The zero-order valence-corrected chi connectivity index (χ0v) is 18.8. The van der Waals surface area contributed by atoms with Crippen LogP contribution in [0.4, 0.5) is 16.3 Å². The first-order valence-corrected chi connectivity index (χ1v) is 10.8. The van der Waals surface area contributed by atoms with Crippen molar-refractivity contribution in [1.29, 1.82) is 5.26 Å². The average molecular weight is 460 g/mol. The standard InChI is InChI=1S/C27H20N6O2/c1-35-23-7-3-6-21(15-23)24-12-13-26-30-25(17-33(26)32-24)31-27(34)29-22-10-8-19(9-11-22)20-5-2-4-18(14-20)16-28/h2-15,17H,1H3,(H2,29,31,34). The van der Waals surface area contributed by atoms with Crippen LogP contribution in [0.15, 0.2) is 91.1 Å². The van der Waals surface area contributed by atoms with E-state index in [4.69, 9.17) is 10.00 Å². The van der Waals surface area contributed by atoms with E-state index >= 15 is 0 Å². The molecule has 5 aromatic rings. The molecule has 0 radical (unpaired) electrons. The number of hydrogen-bond acceptors (Lipinski definition) is 5. The second kappa shape index (κ2) is 9.37. The van der Waals surface area contributed by atoms with Crippen molar-refractivity contribution in [2.45, 2.75) is 0 Å². The van der Waals surface area contributed by atoms with Crippen molar-refractivity contribution in [3.8, 4) is 34.2 Å². The van der Waals surface area contributed by atoms with Gasteiger partial charge in [-0.25, -0.2) is 14.3 Å². The molecule has 0 saturated carbocycles. The lowest BCUT2D eigenvalue weighted by molar-refractivity contribution is 0.262. The predicted molar refractivity (Wildman–Crippen MR) is 134 cm³/mol. The zero-order valence-electron chi connectivity index (χ0n) is 18.8. The minimum atomic E-state index is -0.416. The molecule has 0 spiro atoms. The minimum absolute atomic E-state index is 0.378. The maximum atomic E-state index is 12.5. The van der Waals surface area contributed by atoms with Gasteiger partial charge in [-0.3, -0.25) is 5.32 Å². The molecule has 2 N–H and O–H groups in total. The van der Waals surface area contributed by atoms with Crippen molar-refractivity contribution in [2.24, 2.45) is 0 Å². The number of carbonyl (C=O) groups is 1. The van der Waals surface area contributed by atoms with Gasteiger partial charge in [0.15, 0.2) is 11.5 Å². The van der Waals surface area contributed by atoms with Crippen LogP contribution in [0.1, 0.15) is 5.56 Å². The predicted octanol–water partition coefficient (Wildman–Crippen LogP) is 5.59. The molecular weight excluding hydrogens is 440 g/mol. The van der Waals surface area contributed by atoms with Gasteiger partial charge in [0, 0.05) is 11.3 Å². The number of rotatable bonds is 5. The maximum Gasteiger partial charge on any atom is 0.324 e. The number of amides is 2. The van der Waals surface area contributed by atoms with Gasteiger partial charge < -0.3 is 10.1 Å². The fraction of sp³-hybridized carbons (Fsp3) is 0.0370. The molecule has 2 aromatic heterocycles. The third kappa shape index (κ3) is 4.79. The Hall–Kier alpha value is -5.16. The Bertz CT molecular complexity index is 1570. The second-order valence-electron chi connectivity index (χ2n) is 7.73. The van der Waals surface area contributed by atoms with Crippen molar-refractivity contribution < 1.29 is 9.53 Å². The zero-order chi connectivity index (χ0) is 24.2. The largest absolute Gasteiger partial charge is 0.497 e. The Labute approximate surface area is 201 Å². The van der Waals surface area contributed by atoms with Gasteiger partial charge in [0.2, 0.25) is 0 Å². The van der Waals surface area contributed by atoms with Gasteiger partial charge in [0.05, 0.1) is 30.6 Å². The molecule has 2 heterocycles. The second-order valence-corrected chi connectivity index (χ2v) is 7.73. The van der Waals surface area contributed by atoms with Crippen LogP contribution in [-0.4, -0.2) is 27.7 Å². The summed E-state index contributed by atoms with van der Waals surface area (Å²) in [5, 5.41) is 19.2. The van der Waals surface area contributed by atoms with Crippen LogP contribution < -0.4 is 15.4 Å². The molecule has 35 heavy (non-hydrogen) atoms. The van der Waals surface area contributed by atoms with E-state index in [1.807, 2.05) is 66.7 Å². The van der Waals surface area contributed by atoms with E-state index in [2.05, 4.69) is 26.8 Å². The number of benzene rings is 3. The Kier molecular flexibility index (Phi) is 5.80. The molecular formula is C27H20N6O2. The van der Waals surface area contributed by atoms with Gasteiger partial charge in [-0.05, 0) is 59.7 Å². The van der Waals surface area contributed by atoms with E-state index in [-0.39, 0.29) is 0 Å². The number of imidazole rings is 1. The van der Waals surface area contributed by atoms with Crippen LogP contribution in [-0.2, 0) is 0 Å². The van der Waals surface area contributed by atoms with Crippen LogP contribution in [0.5, 0.6) is 5.75 Å². The lowest BCUT2D eigenvalue weighted by Gasteiger charge is -2.07. The number of urea groups is 1. The fourth-order valence-corrected chi connectivity index (χ4v) is 3.67. The fourth-order valence-electron chi connectivity index (χ4n) is 3.67. The van der Waals surface area contributed by atoms with Crippen molar-refractivity contribution in [2.75, 3.05) is 17.7 Å². The number of nitrogens with one attached hydrogen (secondary N) is 2. The van der Waals surface area contributed by atoms with Gasteiger partial charge in [-0.1, -0.05) is 36.4 Å². The van der Waals surface area contributed by atoms with Crippen LogP contribution in [0.3, 0.4) is 0 Å². The van der Waals surface area contributed by atoms with E-state index in [1.54, 1.807) is 36.0 Å². The van der Waals surface area contributed by atoms with Crippen molar-refractivity contribution in [3.05, 3.63) is 96.7 Å². The third-order valence-corrected chi connectivity index (χ3v) is 5.39. The molecule has 0 unspecified atom stereocenters. The van der Waals surface area contributed by atoms with E-state index in [9.17, 15) is 4.79 Å². The van der Waals surface area contributed by atoms with Gasteiger partial charge in [-0.15, -0.1) is 0 Å². The molecule has 3 aromatic carbocycles. The molecule has 0 aliphatic heterocycles. The van der Waals surface area contributed by atoms with Gasteiger partial charge in [0.1, 0.15) is 5.75 Å². The summed E-state index contributed by atoms with van der Waals surface area (Å²) in [5.41, 5.74) is 5.39. The summed E-state index contributed by atoms with van der Waals surface area (Å²) in [5.74, 6) is 1.13. The summed E-state index contributed by atoms with van der Waals surface area (Å²) in [7, 11) is 1.62. The van der Waals surface area contributed by atoms with Crippen LogP contribution in [0, 0.1) is 11.3 Å². The molecule has 2 amide bonds. The number of ether oxygens (including phenoxy) is 1. The Balaban J connectivity index is 1.27. The number of hydrogen-bond donors (Lipinski definition) is 2. The van der Waals surface area contributed by atoms with Crippen LogP contribution in [0.2, 0.25) is 0 Å². The van der Waals surface area contributed by atoms with Crippen LogP contribution in [0.25, 0.3) is 28.0 Å². The number of nitrogens with zero attached hydrogens (tertiary/aromatic N) is 4. The molecule has 8 nitrogen and oxygen atoms in total. The van der Waals surface area contributed by atoms with E-state index in [1.165, 1.54) is 0 Å². The Morgan fingerprint density at radius 2 is 1.71 bits per heavy atom. The van der Waals surface area contributed by atoms with Gasteiger partial charge in [-0.2, -0.15) is 10.4 Å². The molecule has 0 saturated heterocycles. The van der Waals surface area contributed by atoms with Crippen molar-refractivity contribution in [3.63, 3.8) is 0 Å². The monoisotopic (exact) mass is 460 g/mol. The minimum Gasteiger partial charge on any atom is -0.497 e. The molecule has 0 aliphatic carbocycles. The number of anilines is 2. The third-order valence-electron chi connectivity index (χ3n) is 5.39. The quantitative estimate of drug-likeness (QED) is 0.356. The molecule has 8 heteroatoms. The van der Waals surface area contributed by atoms with Gasteiger partial charge >= 0.3 is 6.03 Å². The highest BCUT2D eigenvalue weighted by Gasteiger charge is 2.09. The molecule has 170 valence electrons. The number of carbonyl (C=O) groups excluding carboxylic acids is 1. The first kappa shape index (κ1) is 21.7. The summed E-state index contributed by atoms with van der Waals surface area (Å²) in [6.45, 7) is 0. The van der Waals surface area contributed by atoms with Gasteiger partial charge in [0.25, 0.3) is 0 Å². The number of nitriles is 1. The van der Waals surface area contributed by atoms with Crippen LogP contribution >= 0.6 is 0 Å². The van der Waals surface area contributed by atoms with Crippen molar-refractivity contribution >= 4 is 23.2 Å². The highest BCUT2D eigenvalue weighted by atomic mass is 16.5. The van der Waals surface area contributed by atoms with E-state index in [0.29, 0.717) is 22.7 Å². The lowest BCUT2D eigenvalue weighted by atomic mass is 10.0. The first-order chi connectivity index (χ1) is 17.1. The summed E-state index contributed by atoms with van der Waals surface area (Å²) >= 11 is 0. The summed E-state index contributed by atoms with van der Waals surface area (Å²) in [6, 6.07) is 27.8. The molecule has 5 rings (SSSR count). The number of methoxy groups -OCH3 is 1. The number of fused-ring (bicyclic) bond motifs is 1. The highest BCUT2D eigenvalue weighted by molar-refractivity contribution is 5.99. The summed E-state index contributed by atoms with van der Waals surface area (Å²) in [6.07, 6.45) is 1.66. The highest BCUT2D eigenvalue weighted by Crippen LogP contribution is 2.24. The molecule has 0 atom stereocenters. The maximum absolute atomic E-state index is 12.5. The molecule has 0 aliphatic rings. The Morgan fingerprint density at radius 3 is 2.51 bits per heavy atom. The topological polar surface area (TPSA) is 104 Å². The lowest BCUT2D eigenvalue weighted by Crippen LogP contribution is -2.19. The molecule has 0 fully saturated rings. The van der Waals surface area contributed by atoms with E-state index < -0.39 is 6.03 Å². The Morgan fingerprint density at radius 1 is 0.914 bits per heavy atom. The van der Waals surface area contributed by atoms with E-state index in [0.717, 1.165) is 28.1 Å². The summed E-state index contributed by atoms with van der Waals surface area (Å²) in [4.78, 5) is 16.9. The SMILES string of the molecule is COc1cccc(-c2ccc3nc(NC(=O)Nc4ccc(-c5cccc(C#N)c5)cc4)cn3n2)c1. The first-order valence-electron chi connectivity index (χ1n) is 10.8. The smallest absolute Gasteiger partial charge is 0.324 e. The average Bonchev–Trinajstić information content (AvgIpc) is 3.30.